The second-order valence-corrected chi connectivity index (χ2v) is 5.12. The molecule has 0 amide bonds. The topological polar surface area (TPSA) is 38.7 Å². The predicted octanol–water partition coefficient (Wildman–Crippen LogP) is 3.55. The molecule has 2 aromatic carbocycles. The van der Waals surface area contributed by atoms with Gasteiger partial charge in [-0.2, -0.15) is 0 Å². The van der Waals surface area contributed by atoms with Gasteiger partial charge in [-0.3, -0.25) is 0 Å². The van der Waals surface area contributed by atoms with Crippen LogP contribution < -0.4 is 9.47 Å². The Morgan fingerprint density at radius 1 is 1.05 bits per heavy atom. The Bertz CT molecular complexity index is 672. The zero-order chi connectivity index (χ0) is 15.2. The van der Waals surface area contributed by atoms with E-state index in [1.54, 1.807) is 26.4 Å². The summed E-state index contributed by atoms with van der Waals surface area (Å²) in [5, 5.41) is 10.3. The number of hydrogen-bond acceptors (Lipinski definition) is 3. The van der Waals surface area contributed by atoms with Gasteiger partial charge >= 0.3 is 0 Å². The van der Waals surface area contributed by atoms with Gasteiger partial charge < -0.3 is 14.6 Å². The molecule has 0 saturated carbocycles. The van der Waals surface area contributed by atoms with Crippen LogP contribution in [-0.4, -0.2) is 19.3 Å². The Balaban J connectivity index is 2.33. The molecule has 108 valence electrons. The number of aliphatic hydroxyl groups excluding tert-OH is 1. The molecule has 4 heteroatoms. The molecule has 21 heavy (non-hydrogen) atoms. The fourth-order valence-corrected chi connectivity index (χ4v) is 2.37. The van der Waals surface area contributed by atoms with Gasteiger partial charge in [0.05, 0.1) is 18.7 Å². The minimum Gasteiger partial charge on any atom is -0.496 e. The van der Waals surface area contributed by atoms with Gasteiger partial charge in [0.2, 0.25) is 0 Å². The van der Waals surface area contributed by atoms with E-state index in [1.165, 1.54) is 0 Å². The third-order valence-corrected chi connectivity index (χ3v) is 3.55. The summed E-state index contributed by atoms with van der Waals surface area (Å²) in [4.78, 5) is 0. The normalized spacial score (nSPS) is 11.2. The van der Waals surface area contributed by atoms with Crippen molar-refractivity contribution in [1.82, 2.24) is 0 Å². The number of aliphatic hydroxyl groups is 1. The van der Waals surface area contributed by atoms with Gasteiger partial charge in [-0.1, -0.05) is 30.0 Å². The summed E-state index contributed by atoms with van der Waals surface area (Å²) in [6, 6.07) is 13.0. The average molecular weight is 347 g/mol. The van der Waals surface area contributed by atoms with E-state index in [0.29, 0.717) is 17.1 Å². The SMILES string of the molecule is COc1cc(OC)c(C(O)C#Cc2ccccc2)cc1Br. The number of rotatable bonds is 3. The summed E-state index contributed by atoms with van der Waals surface area (Å²) in [7, 11) is 3.12. The van der Waals surface area contributed by atoms with Crippen LogP contribution in [0.3, 0.4) is 0 Å². The van der Waals surface area contributed by atoms with E-state index in [1.807, 2.05) is 30.3 Å². The van der Waals surface area contributed by atoms with Crippen LogP contribution >= 0.6 is 15.9 Å². The molecule has 0 aromatic heterocycles. The highest BCUT2D eigenvalue weighted by Crippen LogP contribution is 2.35. The van der Waals surface area contributed by atoms with Crippen LogP contribution in [-0.2, 0) is 0 Å². The quantitative estimate of drug-likeness (QED) is 0.863. The molecule has 0 aliphatic rings. The lowest BCUT2D eigenvalue weighted by Gasteiger charge is -2.13. The van der Waals surface area contributed by atoms with Crippen molar-refractivity contribution >= 4 is 15.9 Å². The Hall–Kier alpha value is -1.96. The highest BCUT2D eigenvalue weighted by Gasteiger charge is 2.15. The molecule has 0 radical (unpaired) electrons. The summed E-state index contributed by atoms with van der Waals surface area (Å²) in [6.07, 6.45) is -0.942. The van der Waals surface area contributed by atoms with Gasteiger partial charge in [0.25, 0.3) is 0 Å². The van der Waals surface area contributed by atoms with Crippen LogP contribution in [0.5, 0.6) is 11.5 Å². The lowest BCUT2D eigenvalue weighted by molar-refractivity contribution is 0.232. The van der Waals surface area contributed by atoms with Crippen LogP contribution in [0.2, 0.25) is 0 Å². The van der Waals surface area contributed by atoms with Crippen molar-refractivity contribution in [2.75, 3.05) is 14.2 Å². The van der Waals surface area contributed by atoms with Gasteiger partial charge in [0, 0.05) is 17.2 Å². The molecule has 0 spiro atoms. The largest absolute Gasteiger partial charge is 0.496 e. The van der Waals surface area contributed by atoms with Crippen molar-refractivity contribution in [2.24, 2.45) is 0 Å². The first-order chi connectivity index (χ1) is 10.2. The molecule has 0 saturated heterocycles. The average Bonchev–Trinajstić information content (AvgIpc) is 2.53. The van der Waals surface area contributed by atoms with Crippen LogP contribution in [0.4, 0.5) is 0 Å². The molecule has 2 aromatic rings. The van der Waals surface area contributed by atoms with E-state index >= 15 is 0 Å². The molecule has 0 fully saturated rings. The number of hydrogen-bond donors (Lipinski definition) is 1. The van der Waals surface area contributed by atoms with Crippen LogP contribution in [0.1, 0.15) is 17.2 Å². The van der Waals surface area contributed by atoms with Crippen LogP contribution in [0.15, 0.2) is 46.9 Å². The van der Waals surface area contributed by atoms with E-state index in [4.69, 9.17) is 9.47 Å². The first-order valence-corrected chi connectivity index (χ1v) is 7.11. The van der Waals surface area contributed by atoms with E-state index in [9.17, 15) is 5.11 Å². The zero-order valence-corrected chi connectivity index (χ0v) is 13.3. The molecule has 3 nitrogen and oxygen atoms in total. The monoisotopic (exact) mass is 346 g/mol. The van der Waals surface area contributed by atoms with E-state index in [-0.39, 0.29) is 0 Å². The number of benzene rings is 2. The standard InChI is InChI=1S/C17H15BrO3/c1-20-16-11-17(21-2)14(18)10-13(16)15(19)9-8-12-6-4-3-5-7-12/h3-7,10-11,15,19H,1-2H3. The van der Waals surface area contributed by atoms with Crippen LogP contribution in [0, 0.1) is 11.8 Å². The summed E-state index contributed by atoms with van der Waals surface area (Å²) in [5.74, 6) is 6.93. The third-order valence-electron chi connectivity index (χ3n) is 2.93. The Kier molecular flexibility index (Phi) is 5.26. The molecule has 1 unspecified atom stereocenters. The second kappa shape index (κ2) is 7.16. The highest BCUT2D eigenvalue weighted by atomic mass is 79.9. The predicted molar refractivity (Wildman–Crippen MR) is 85.5 cm³/mol. The van der Waals surface area contributed by atoms with E-state index < -0.39 is 6.10 Å². The fourth-order valence-electron chi connectivity index (χ4n) is 1.85. The van der Waals surface area contributed by atoms with Gasteiger partial charge in [0.15, 0.2) is 0 Å². The molecular formula is C17H15BrO3. The van der Waals surface area contributed by atoms with Gasteiger partial charge in [-0.15, -0.1) is 0 Å². The third kappa shape index (κ3) is 3.78. The molecular weight excluding hydrogens is 332 g/mol. The molecule has 0 aliphatic heterocycles. The smallest absolute Gasteiger partial charge is 0.144 e. The minimum atomic E-state index is -0.942. The lowest BCUT2D eigenvalue weighted by Crippen LogP contribution is -2.00. The molecule has 0 bridgehead atoms. The van der Waals surface area contributed by atoms with Gasteiger partial charge in [-0.25, -0.2) is 0 Å². The molecule has 1 atom stereocenters. The summed E-state index contributed by atoms with van der Waals surface area (Å²) >= 11 is 3.40. The molecule has 1 N–H and O–H groups in total. The van der Waals surface area contributed by atoms with Crippen molar-refractivity contribution < 1.29 is 14.6 Å². The van der Waals surface area contributed by atoms with Crippen molar-refractivity contribution in [2.45, 2.75) is 6.10 Å². The fraction of sp³-hybridized carbons (Fsp3) is 0.176. The van der Waals surface area contributed by atoms with E-state index in [0.717, 1.165) is 10.0 Å². The lowest BCUT2D eigenvalue weighted by atomic mass is 10.1. The Morgan fingerprint density at radius 3 is 2.33 bits per heavy atom. The maximum absolute atomic E-state index is 10.3. The first kappa shape index (κ1) is 15.4. The first-order valence-electron chi connectivity index (χ1n) is 6.31. The number of methoxy groups -OCH3 is 2. The van der Waals surface area contributed by atoms with Gasteiger partial charge in [0.1, 0.15) is 17.6 Å². The van der Waals surface area contributed by atoms with Crippen molar-refractivity contribution in [1.29, 1.82) is 0 Å². The van der Waals surface area contributed by atoms with E-state index in [2.05, 4.69) is 27.8 Å². The highest BCUT2D eigenvalue weighted by molar-refractivity contribution is 9.10. The molecule has 0 heterocycles. The maximum Gasteiger partial charge on any atom is 0.144 e. The minimum absolute atomic E-state index is 0.532. The second-order valence-electron chi connectivity index (χ2n) is 4.27. The van der Waals surface area contributed by atoms with Crippen molar-refractivity contribution in [3.63, 3.8) is 0 Å². The van der Waals surface area contributed by atoms with Crippen molar-refractivity contribution in [3.8, 4) is 23.3 Å². The molecule has 2 rings (SSSR count). The van der Waals surface area contributed by atoms with Crippen molar-refractivity contribution in [3.05, 3.63) is 58.1 Å². The number of halogens is 1. The molecule has 0 aliphatic carbocycles. The summed E-state index contributed by atoms with van der Waals surface area (Å²) < 4.78 is 11.2. The Labute approximate surface area is 132 Å². The Morgan fingerprint density at radius 2 is 1.71 bits per heavy atom. The summed E-state index contributed by atoms with van der Waals surface area (Å²) in [6.45, 7) is 0. The van der Waals surface area contributed by atoms with Crippen LogP contribution in [0.25, 0.3) is 0 Å². The summed E-state index contributed by atoms with van der Waals surface area (Å²) in [5.41, 5.74) is 1.44. The zero-order valence-electron chi connectivity index (χ0n) is 11.8. The maximum atomic E-state index is 10.3. The van der Waals surface area contributed by atoms with Gasteiger partial charge in [-0.05, 0) is 34.1 Å². The number of ether oxygens (including phenoxy) is 2.